The molecule has 0 fully saturated rings. The van der Waals surface area contributed by atoms with Crippen molar-refractivity contribution in [3.05, 3.63) is 102 Å². The molecular formula is C23H18N2O2. The molecule has 4 heteroatoms. The van der Waals surface area contributed by atoms with Crippen LogP contribution in [0.1, 0.15) is 33.6 Å². The summed E-state index contributed by atoms with van der Waals surface area (Å²) in [6.45, 7) is 0. The highest BCUT2D eigenvalue weighted by Gasteiger charge is 2.58. The summed E-state index contributed by atoms with van der Waals surface area (Å²) < 4.78 is 6.43. The van der Waals surface area contributed by atoms with E-state index in [2.05, 4.69) is 10.5 Å². The van der Waals surface area contributed by atoms with Crippen molar-refractivity contribution in [3.63, 3.8) is 0 Å². The van der Waals surface area contributed by atoms with Gasteiger partial charge in [-0.15, -0.1) is 0 Å². The maximum Gasteiger partial charge on any atom is 0.184 e. The fraction of sp³-hybridized carbons (Fsp3) is 0.130. The Hall–Kier alpha value is -3.40. The van der Waals surface area contributed by atoms with E-state index >= 15 is 0 Å². The van der Waals surface area contributed by atoms with Gasteiger partial charge in [0.05, 0.1) is 11.6 Å². The van der Waals surface area contributed by atoms with Crippen LogP contribution >= 0.6 is 0 Å². The van der Waals surface area contributed by atoms with Gasteiger partial charge in [0.25, 0.3) is 0 Å². The first-order valence-corrected chi connectivity index (χ1v) is 9.01. The molecule has 0 saturated carbocycles. The molecule has 3 aromatic rings. The van der Waals surface area contributed by atoms with Crippen molar-refractivity contribution < 1.29 is 9.53 Å². The van der Waals surface area contributed by atoms with Gasteiger partial charge >= 0.3 is 0 Å². The standard InChI is InChI=1S/C23H18N2O2/c26-21-18-13-7-8-14-19(18)27-22(17-11-5-2-6-12-17)23(21)15-24-25-20(23)16-9-3-1-4-10-16/h1-15,20,22,25H. The first kappa shape index (κ1) is 15.8. The number of nitrogens with one attached hydrogen (secondary N) is 1. The van der Waals surface area contributed by atoms with E-state index in [-0.39, 0.29) is 11.8 Å². The van der Waals surface area contributed by atoms with Crippen LogP contribution in [0.25, 0.3) is 0 Å². The molecule has 0 aliphatic carbocycles. The van der Waals surface area contributed by atoms with E-state index in [1.54, 1.807) is 6.21 Å². The van der Waals surface area contributed by atoms with Gasteiger partial charge in [-0.2, -0.15) is 5.10 Å². The average Bonchev–Trinajstić information content (AvgIpc) is 3.18. The van der Waals surface area contributed by atoms with E-state index in [4.69, 9.17) is 4.74 Å². The summed E-state index contributed by atoms with van der Waals surface area (Å²) in [4.78, 5) is 13.8. The van der Waals surface area contributed by atoms with E-state index in [9.17, 15) is 4.79 Å². The molecule has 2 aliphatic heterocycles. The van der Waals surface area contributed by atoms with Crippen molar-refractivity contribution in [2.45, 2.75) is 12.1 Å². The number of Topliss-reactive ketones (excluding diaryl/α,β-unsaturated/α-hetero) is 1. The quantitative estimate of drug-likeness (QED) is 0.746. The number of ketones is 1. The van der Waals surface area contributed by atoms with Crippen molar-refractivity contribution in [2.24, 2.45) is 10.5 Å². The Morgan fingerprint density at radius 2 is 1.44 bits per heavy atom. The predicted octanol–water partition coefficient (Wildman–Crippen LogP) is 4.32. The van der Waals surface area contributed by atoms with Gasteiger partial charge in [0.15, 0.2) is 5.78 Å². The van der Waals surface area contributed by atoms with Crippen LogP contribution in [0.15, 0.2) is 90.0 Å². The summed E-state index contributed by atoms with van der Waals surface area (Å²) in [6, 6.07) is 27.0. The molecule has 132 valence electrons. The number of ether oxygens (including phenoxy) is 1. The average molecular weight is 354 g/mol. The predicted molar refractivity (Wildman–Crippen MR) is 104 cm³/mol. The molecule has 0 aromatic heterocycles. The zero-order valence-electron chi connectivity index (χ0n) is 14.6. The topological polar surface area (TPSA) is 50.7 Å². The van der Waals surface area contributed by atoms with Crippen LogP contribution in [0, 0.1) is 5.41 Å². The van der Waals surface area contributed by atoms with Crippen molar-refractivity contribution in [1.82, 2.24) is 5.43 Å². The molecule has 3 atom stereocenters. The summed E-state index contributed by atoms with van der Waals surface area (Å²) in [7, 11) is 0. The number of rotatable bonds is 2. The monoisotopic (exact) mass is 354 g/mol. The molecule has 0 bridgehead atoms. The highest BCUT2D eigenvalue weighted by Crippen LogP contribution is 2.53. The second-order valence-electron chi connectivity index (χ2n) is 6.90. The smallest absolute Gasteiger partial charge is 0.184 e. The van der Waals surface area contributed by atoms with Gasteiger partial charge < -0.3 is 10.2 Å². The van der Waals surface area contributed by atoms with Crippen LogP contribution in [-0.2, 0) is 0 Å². The van der Waals surface area contributed by atoms with Crippen molar-refractivity contribution in [3.8, 4) is 5.75 Å². The molecule has 1 N–H and O–H groups in total. The lowest BCUT2D eigenvalue weighted by atomic mass is 9.66. The Bertz CT molecular complexity index is 1020. The minimum absolute atomic E-state index is 0.0285. The van der Waals surface area contributed by atoms with Gasteiger partial charge in [-0.05, 0) is 23.3 Å². The van der Waals surface area contributed by atoms with Gasteiger partial charge in [0, 0.05) is 6.21 Å². The van der Waals surface area contributed by atoms with Gasteiger partial charge in [0.1, 0.15) is 17.3 Å². The molecule has 2 heterocycles. The van der Waals surface area contributed by atoms with Crippen LogP contribution in [0.4, 0.5) is 0 Å². The van der Waals surface area contributed by atoms with Gasteiger partial charge in [-0.3, -0.25) is 4.79 Å². The highest BCUT2D eigenvalue weighted by molar-refractivity contribution is 6.14. The third-order valence-electron chi connectivity index (χ3n) is 5.40. The lowest BCUT2D eigenvalue weighted by Crippen LogP contribution is -2.49. The molecule has 0 amide bonds. The third kappa shape index (κ3) is 2.30. The lowest BCUT2D eigenvalue weighted by molar-refractivity contribution is 0.0421. The van der Waals surface area contributed by atoms with Crippen molar-refractivity contribution >= 4 is 12.0 Å². The molecule has 4 nitrogen and oxygen atoms in total. The van der Waals surface area contributed by atoms with Crippen molar-refractivity contribution in [2.75, 3.05) is 0 Å². The Morgan fingerprint density at radius 1 is 0.815 bits per heavy atom. The van der Waals surface area contributed by atoms with Gasteiger partial charge in [0.2, 0.25) is 0 Å². The van der Waals surface area contributed by atoms with E-state index in [0.29, 0.717) is 11.3 Å². The maximum absolute atomic E-state index is 13.8. The normalized spacial score (nSPS) is 25.7. The summed E-state index contributed by atoms with van der Waals surface area (Å²) in [5.41, 5.74) is 4.78. The van der Waals surface area contributed by atoms with E-state index < -0.39 is 11.5 Å². The first-order valence-electron chi connectivity index (χ1n) is 9.01. The molecule has 3 unspecified atom stereocenters. The zero-order valence-corrected chi connectivity index (χ0v) is 14.6. The Morgan fingerprint density at radius 3 is 2.19 bits per heavy atom. The van der Waals surface area contributed by atoms with Crippen molar-refractivity contribution in [1.29, 1.82) is 0 Å². The number of para-hydroxylation sites is 1. The molecule has 3 aromatic carbocycles. The number of hydrogen-bond acceptors (Lipinski definition) is 4. The number of hydrogen-bond donors (Lipinski definition) is 1. The number of fused-ring (bicyclic) bond motifs is 1. The minimum Gasteiger partial charge on any atom is -0.483 e. The minimum atomic E-state index is -0.947. The molecule has 2 aliphatic rings. The fourth-order valence-corrected chi connectivity index (χ4v) is 4.11. The van der Waals surface area contributed by atoms with Crippen LogP contribution in [0.2, 0.25) is 0 Å². The fourth-order valence-electron chi connectivity index (χ4n) is 4.11. The second-order valence-corrected chi connectivity index (χ2v) is 6.90. The second kappa shape index (κ2) is 6.09. The van der Waals surface area contributed by atoms with E-state index in [1.807, 2.05) is 84.9 Å². The Balaban J connectivity index is 1.73. The summed E-state index contributed by atoms with van der Waals surface area (Å²) in [6.07, 6.45) is 1.27. The largest absolute Gasteiger partial charge is 0.483 e. The number of nitrogens with zero attached hydrogens (tertiary/aromatic N) is 1. The van der Waals surface area contributed by atoms with Crippen LogP contribution in [-0.4, -0.2) is 12.0 Å². The van der Waals surface area contributed by atoms with E-state index in [1.165, 1.54) is 0 Å². The van der Waals surface area contributed by atoms with Crippen LogP contribution in [0.3, 0.4) is 0 Å². The summed E-state index contributed by atoms with van der Waals surface area (Å²) >= 11 is 0. The van der Waals surface area contributed by atoms with Gasteiger partial charge in [-0.25, -0.2) is 0 Å². The molecule has 0 saturated heterocycles. The number of hydrazone groups is 1. The third-order valence-corrected chi connectivity index (χ3v) is 5.40. The van der Waals surface area contributed by atoms with Crippen LogP contribution in [0.5, 0.6) is 5.75 Å². The van der Waals surface area contributed by atoms with Gasteiger partial charge in [-0.1, -0.05) is 72.8 Å². The molecule has 27 heavy (non-hydrogen) atoms. The maximum atomic E-state index is 13.8. The van der Waals surface area contributed by atoms with E-state index in [0.717, 1.165) is 11.1 Å². The SMILES string of the molecule is O=C1c2ccccc2OC(c2ccccc2)C12C=NNC2c1ccccc1. The first-order chi connectivity index (χ1) is 13.3. The molecule has 1 spiro atoms. The zero-order chi connectivity index (χ0) is 18.3. The lowest BCUT2D eigenvalue weighted by Gasteiger charge is -2.42. The Labute approximate surface area is 157 Å². The van der Waals surface area contributed by atoms with Crippen LogP contribution < -0.4 is 10.2 Å². The number of carbonyl (C=O) groups excluding carboxylic acids is 1. The summed E-state index contributed by atoms with van der Waals surface area (Å²) in [5, 5.41) is 4.34. The molecule has 5 rings (SSSR count). The number of benzene rings is 3. The molecular weight excluding hydrogens is 336 g/mol. The number of carbonyl (C=O) groups is 1. The highest BCUT2D eigenvalue weighted by atomic mass is 16.5. The molecule has 0 radical (unpaired) electrons. The Kier molecular flexibility index (Phi) is 3.57. The summed E-state index contributed by atoms with van der Waals surface area (Å²) in [5.74, 6) is 0.648.